The first kappa shape index (κ1) is 15.1. The third-order valence-electron chi connectivity index (χ3n) is 4.55. The lowest BCUT2D eigenvalue weighted by Crippen LogP contribution is -2.43. The number of anilines is 1. The Morgan fingerprint density at radius 2 is 2.25 bits per heavy atom. The molecule has 0 radical (unpaired) electrons. The van der Waals surface area contributed by atoms with Crippen LogP contribution in [0, 0.1) is 0 Å². The molecule has 1 unspecified atom stereocenters. The zero-order valence-corrected chi connectivity index (χ0v) is 13.6. The molecule has 24 heavy (non-hydrogen) atoms. The van der Waals surface area contributed by atoms with Crippen molar-refractivity contribution in [3.05, 3.63) is 35.9 Å². The van der Waals surface area contributed by atoms with E-state index in [1.807, 2.05) is 22.9 Å². The van der Waals surface area contributed by atoms with Gasteiger partial charge in [-0.25, -0.2) is 9.67 Å². The number of nitrogens with zero attached hydrogens (tertiary/aromatic N) is 5. The Kier molecular flexibility index (Phi) is 3.70. The minimum Gasteiger partial charge on any atom is -0.489 e. The van der Waals surface area contributed by atoms with Gasteiger partial charge in [-0.1, -0.05) is 6.07 Å². The Labute approximate surface area is 139 Å². The molecule has 8 heteroatoms. The van der Waals surface area contributed by atoms with Gasteiger partial charge in [-0.2, -0.15) is 5.10 Å². The Balaban J connectivity index is 1.55. The predicted molar refractivity (Wildman–Crippen MR) is 87.5 cm³/mol. The molecule has 2 aliphatic heterocycles. The van der Waals surface area contributed by atoms with Crippen LogP contribution in [0.5, 0.6) is 5.75 Å². The van der Waals surface area contributed by atoms with Crippen molar-refractivity contribution in [3.63, 3.8) is 0 Å². The van der Waals surface area contributed by atoms with E-state index < -0.39 is 6.04 Å². The Bertz CT molecular complexity index is 774. The van der Waals surface area contributed by atoms with Crippen LogP contribution in [0.4, 0.5) is 5.69 Å². The minimum absolute atomic E-state index is 0.128. The number of rotatable bonds is 2. The van der Waals surface area contributed by atoms with Gasteiger partial charge >= 0.3 is 0 Å². The second kappa shape index (κ2) is 5.88. The number of hydrogen-bond acceptors (Lipinski definition) is 6. The molecule has 126 valence electrons. The zero-order chi connectivity index (χ0) is 16.7. The summed E-state index contributed by atoms with van der Waals surface area (Å²) in [5, 5.41) is 4.20. The van der Waals surface area contributed by atoms with Gasteiger partial charge in [-0.3, -0.25) is 9.69 Å². The van der Waals surface area contributed by atoms with Crippen LogP contribution in [0.25, 0.3) is 0 Å². The molecule has 1 amide bonds. The van der Waals surface area contributed by atoms with Crippen molar-refractivity contribution in [1.29, 1.82) is 0 Å². The van der Waals surface area contributed by atoms with Crippen LogP contribution in [0.15, 0.2) is 24.5 Å². The smallest absolute Gasteiger partial charge is 0.247 e. The summed E-state index contributed by atoms with van der Waals surface area (Å²) in [5.41, 5.74) is 7.73. The fraction of sp³-hybridized carbons (Fsp3) is 0.438. The molecule has 3 heterocycles. The lowest BCUT2D eigenvalue weighted by atomic mass is 10.1. The topological polar surface area (TPSA) is 89.5 Å². The van der Waals surface area contributed by atoms with Gasteiger partial charge in [0, 0.05) is 20.1 Å². The number of ether oxygens (including phenoxy) is 1. The van der Waals surface area contributed by atoms with Crippen molar-refractivity contribution >= 4 is 11.6 Å². The monoisotopic (exact) mass is 328 g/mol. The molecule has 2 aliphatic rings. The highest BCUT2D eigenvalue weighted by molar-refractivity contribution is 5.98. The van der Waals surface area contributed by atoms with Gasteiger partial charge in [0.2, 0.25) is 5.91 Å². The fourth-order valence-corrected chi connectivity index (χ4v) is 3.17. The Morgan fingerprint density at radius 3 is 3.12 bits per heavy atom. The molecular formula is C16H20N6O2. The van der Waals surface area contributed by atoms with Crippen molar-refractivity contribution in [2.75, 3.05) is 25.1 Å². The van der Waals surface area contributed by atoms with E-state index in [2.05, 4.69) is 15.0 Å². The normalized spacial score (nSPS) is 21.0. The number of aromatic nitrogens is 3. The maximum Gasteiger partial charge on any atom is 0.247 e. The van der Waals surface area contributed by atoms with E-state index in [9.17, 15) is 4.79 Å². The highest BCUT2D eigenvalue weighted by Gasteiger charge is 2.27. The SMILES string of the molecule is CN1C(=O)C(N)COc2ccc(CN3CCn4ncnc4C3)cc21. The van der Waals surface area contributed by atoms with Crippen molar-refractivity contribution in [3.8, 4) is 5.75 Å². The van der Waals surface area contributed by atoms with Crippen molar-refractivity contribution in [2.24, 2.45) is 5.73 Å². The number of benzene rings is 1. The Hall–Kier alpha value is -2.45. The van der Waals surface area contributed by atoms with E-state index >= 15 is 0 Å². The molecule has 1 atom stereocenters. The molecule has 1 aromatic carbocycles. The number of carbonyl (C=O) groups is 1. The molecule has 0 spiro atoms. The average Bonchev–Trinajstić information content (AvgIpc) is 3.03. The quantitative estimate of drug-likeness (QED) is 0.833. The molecule has 0 saturated heterocycles. The maximum atomic E-state index is 12.2. The van der Waals surface area contributed by atoms with E-state index in [0.29, 0.717) is 5.75 Å². The van der Waals surface area contributed by atoms with Crippen LogP contribution < -0.4 is 15.4 Å². The average molecular weight is 328 g/mol. The van der Waals surface area contributed by atoms with Gasteiger partial charge in [0.1, 0.15) is 30.5 Å². The molecule has 0 aliphatic carbocycles. The molecule has 0 bridgehead atoms. The first-order chi connectivity index (χ1) is 11.6. The lowest BCUT2D eigenvalue weighted by molar-refractivity contribution is -0.119. The van der Waals surface area contributed by atoms with Gasteiger partial charge in [-0.15, -0.1) is 0 Å². The molecular weight excluding hydrogens is 308 g/mol. The Morgan fingerprint density at radius 1 is 1.38 bits per heavy atom. The first-order valence-corrected chi connectivity index (χ1v) is 8.00. The van der Waals surface area contributed by atoms with Gasteiger partial charge in [0.05, 0.1) is 18.8 Å². The van der Waals surface area contributed by atoms with Crippen LogP contribution in [0.1, 0.15) is 11.4 Å². The number of likely N-dealkylation sites (N-methyl/N-ethyl adjacent to an activating group) is 1. The van der Waals surface area contributed by atoms with Crippen molar-refractivity contribution in [1.82, 2.24) is 19.7 Å². The number of amides is 1. The maximum absolute atomic E-state index is 12.2. The minimum atomic E-state index is -0.626. The van der Waals surface area contributed by atoms with Crippen molar-refractivity contribution < 1.29 is 9.53 Å². The van der Waals surface area contributed by atoms with Crippen LogP contribution in [-0.2, 0) is 24.4 Å². The van der Waals surface area contributed by atoms with E-state index in [4.69, 9.17) is 10.5 Å². The molecule has 2 aromatic rings. The summed E-state index contributed by atoms with van der Waals surface area (Å²) in [6.45, 7) is 3.53. The fourth-order valence-electron chi connectivity index (χ4n) is 3.17. The van der Waals surface area contributed by atoms with E-state index in [0.717, 1.165) is 43.3 Å². The largest absolute Gasteiger partial charge is 0.489 e. The third-order valence-corrected chi connectivity index (χ3v) is 4.55. The van der Waals surface area contributed by atoms with E-state index in [-0.39, 0.29) is 12.5 Å². The zero-order valence-electron chi connectivity index (χ0n) is 13.6. The number of hydrogen-bond donors (Lipinski definition) is 1. The summed E-state index contributed by atoms with van der Waals surface area (Å²) >= 11 is 0. The number of carbonyl (C=O) groups excluding carboxylic acids is 1. The van der Waals surface area contributed by atoms with Gasteiger partial charge in [0.25, 0.3) is 0 Å². The van der Waals surface area contributed by atoms with Crippen LogP contribution in [0.3, 0.4) is 0 Å². The number of fused-ring (bicyclic) bond motifs is 2. The first-order valence-electron chi connectivity index (χ1n) is 8.00. The van der Waals surface area contributed by atoms with E-state index in [1.165, 1.54) is 0 Å². The van der Waals surface area contributed by atoms with Crippen LogP contribution in [-0.4, -0.2) is 51.8 Å². The summed E-state index contributed by atoms with van der Waals surface area (Å²) in [6.07, 6.45) is 1.60. The summed E-state index contributed by atoms with van der Waals surface area (Å²) in [4.78, 5) is 20.4. The molecule has 2 N–H and O–H groups in total. The van der Waals surface area contributed by atoms with Gasteiger partial charge < -0.3 is 15.4 Å². The highest BCUT2D eigenvalue weighted by atomic mass is 16.5. The standard InChI is InChI=1S/C16H20N6O2/c1-20-13-6-11(2-3-14(13)24-9-12(17)16(20)23)7-21-4-5-22-15(8-21)18-10-19-22/h2-3,6,10,12H,4-5,7-9,17H2,1H3. The third kappa shape index (κ3) is 2.63. The molecule has 4 rings (SSSR count). The van der Waals surface area contributed by atoms with Gasteiger partial charge in [-0.05, 0) is 17.7 Å². The number of nitrogens with two attached hydrogens (primary N) is 1. The molecule has 8 nitrogen and oxygen atoms in total. The van der Waals surface area contributed by atoms with Crippen LogP contribution in [0.2, 0.25) is 0 Å². The molecule has 1 aromatic heterocycles. The highest BCUT2D eigenvalue weighted by Crippen LogP contribution is 2.32. The second-order valence-electron chi connectivity index (χ2n) is 6.23. The summed E-state index contributed by atoms with van der Waals surface area (Å²) in [5.74, 6) is 1.55. The molecule has 0 fully saturated rings. The van der Waals surface area contributed by atoms with Gasteiger partial charge in [0.15, 0.2) is 0 Å². The predicted octanol–water partition coefficient (Wildman–Crippen LogP) is -0.0236. The summed E-state index contributed by atoms with van der Waals surface area (Å²) in [7, 11) is 1.74. The van der Waals surface area contributed by atoms with Crippen molar-refractivity contribution in [2.45, 2.75) is 25.7 Å². The lowest BCUT2D eigenvalue weighted by Gasteiger charge is -2.27. The summed E-state index contributed by atoms with van der Waals surface area (Å²) in [6, 6.07) is 5.33. The molecule has 0 saturated carbocycles. The second-order valence-corrected chi connectivity index (χ2v) is 6.23. The summed E-state index contributed by atoms with van der Waals surface area (Å²) < 4.78 is 7.60. The van der Waals surface area contributed by atoms with E-state index in [1.54, 1.807) is 18.3 Å². The van der Waals surface area contributed by atoms with Crippen LogP contribution >= 0.6 is 0 Å².